The summed E-state index contributed by atoms with van der Waals surface area (Å²) in [5.74, 6) is 1.24. The molecule has 0 aliphatic rings. The largest absolute Gasteiger partial charge is 0.497 e. The molecule has 0 unspecified atom stereocenters. The minimum Gasteiger partial charge on any atom is -0.497 e. The number of rotatable bonds is 10. The van der Waals surface area contributed by atoms with Crippen LogP contribution in [0.2, 0.25) is 0 Å². The molecule has 0 heterocycles. The zero-order valence-electron chi connectivity index (χ0n) is 19.9. The Kier molecular flexibility index (Phi) is 8.13. The van der Waals surface area contributed by atoms with Gasteiger partial charge in [-0.3, -0.25) is 9.59 Å². The third-order valence-electron chi connectivity index (χ3n) is 5.16. The molecule has 0 saturated carbocycles. The number of ether oxygens (including phenoxy) is 4. The molecule has 2 aromatic rings. The number of benzene rings is 2. The number of carbonyl (C=O) groups excluding carboxylic acids is 2. The second-order valence-corrected chi connectivity index (χ2v) is 10.6. The summed E-state index contributed by atoms with van der Waals surface area (Å²) in [6.07, 6.45) is -0.0755. The monoisotopic (exact) mass is 462 g/mol. The van der Waals surface area contributed by atoms with Crippen molar-refractivity contribution in [1.82, 2.24) is 0 Å². The topological polar surface area (TPSA) is 88.1 Å². The number of methoxy groups -OCH3 is 4. The molecule has 0 bridgehead atoms. The quantitative estimate of drug-likeness (QED) is 0.441. The van der Waals surface area contributed by atoms with E-state index in [2.05, 4.69) is 0 Å². The molecule has 174 valence electrons. The molecule has 0 atom stereocenters. The maximum atomic E-state index is 14.3. The van der Waals surface area contributed by atoms with E-state index < -0.39 is 18.2 Å². The summed E-state index contributed by atoms with van der Waals surface area (Å²) in [5, 5.41) is 0. The van der Waals surface area contributed by atoms with Crippen LogP contribution in [0.5, 0.6) is 23.0 Å². The lowest BCUT2D eigenvalue weighted by Gasteiger charge is -2.22. The first-order valence-electron chi connectivity index (χ1n) is 10.2. The summed E-state index contributed by atoms with van der Waals surface area (Å²) >= 11 is 0. The molecule has 0 amide bonds. The average molecular weight is 462 g/mol. The Morgan fingerprint density at radius 1 is 0.750 bits per heavy atom. The van der Waals surface area contributed by atoms with Crippen LogP contribution >= 0.6 is 7.14 Å². The van der Waals surface area contributed by atoms with Crippen molar-refractivity contribution in [3.05, 3.63) is 46.5 Å². The molecule has 2 aromatic carbocycles. The lowest BCUT2D eigenvalue weighted by atomic mass is 10.1. The van der Waals surface area contributed by atoms with Gasteiger partial charge in [-0.25, -0.2) is 0 Å². The van der Waals surface area contributed by atoms with Gasteiger partial charge in [-0.15, -0.1) is 0 Å². The van der Waals surface area contributed by atoms with Crippen LogP contribution in [0, 0.1) is 19.8 Å². The predicted molar refractivity (Wildman–Crippen MR) is 125 cm³/mol. The van der Waals surface area contributed by atoms with Crippen LogP contribution < -0.4 is 18.9 Å². The summed E-state index contributed by atoms with van der Waals surface area (Å²) in [6, 6.07) is 6.39. The molecule has 0 aliphatic heterocycles. The van der Waals surface area contributed by atoms with Crippen molar-refractivity contribution in [2.24, 2.45) is 5.92 Å². The number of aryl methyl sites for hydroxylation is 2. The van der Waals surface area contributed by atoms with Gasteiger partial charge in [-0.1, -0.05) is 13.8 Å². The Labute approximate surface area is 189 Å². The minimum absolute atomic E-state index is 0.0755. The van der Waals surface area contributed by atoms with Crippen molar-refractivity contribution in [3.63, 3.8) is 0 Å². The third kappa shape index (κ3) is 4.83. The summed E-state index contributed by atoms with van der Waals surface area (Å²) in [7, 11) is 1.73. The predicted octanol–water partition coefficient (Wildman–Crippen LogP) is 5.34. The molecule has 0 saturated heterocycles. The molecule has 0 radical (unpaired) electrons. The van der Waals surface area contributed by atoms with Gasteiger partial charge in [-0.05, 0) is 43.0 Å². The van der Waals surface area contributed by atoms with Crippen molar-refractivity contribution in [1.29, 1.82) is 0 Å². The van der Waals surface area contributed by atoms with Gasteiger partial charge in [0.15, 0.2) is 0 Å². The highest BCUT2D eigenvalue weighted by Gasteiger charge is 2.44. The smallest absolute Gasteiger partial charge is 0.232 e. The highest BCUT2D eigenvalue weighted by molar-refractivity contribution is 7.95. The summed E-state index contributed by atoms with van der Waals surface area (Å²) in [4.78, 5) is 27.6. The number of hydrogen-bond donors (Lipinski definition) is 0. The summed E-state index contributed by atoms with van der Waals surface area (Å²) in [6.45, 7) is 7.04. The van der Waals surface area contributed by atoms with Crippen LogP contribution in [0.4, 0.5) is 0 Å². The van der Waals surface area contributed by atoms with Gasteiger partial charge in [0.25, 0.3) is 0 Å². The molecule has 0 fully saturated rings. The molecular weight excluding hydrogens is 431 g/mol. The summed E-state index contributed by atoms with van der Waals surface area (Å²) < 4.78 is 35.6. The van der Waals surface area contributed by atoms with E-state index in [0.29, 0.717) is 22.6 Å². The first-order chi connectivity index (χ1) is 15.0. The minimum atomic E-state index is -4.10. The van der Waals surface area contributed by atoms with Gasteiger partial charge < -0.3 is 23.5 Å². The van der Waals surface area contributed by atoms with Crippen molar-refractivity contribution < 1.29 is 33.1 Å². The zero-order valence-corrected chi connectivity index (χ0v) is 20.8. The maximum Gasteiger partial charge on any atom is 0.232 e. The van der Waals surface area contributed by atoms with E-state index in [1.165, 1.54) is 28.4 Å². The Hall–Kier alpha value is -2.79. The van der Waals surface area contributed by atoms with Crippen LogP contribution in [0.1, 0.15) is 45.7 Å². The molecule has 0 spiro atoms. The van der Waals surface area contributed by atoms with Crippen molar-refractivity contribution in [3.8, 4) is 23.0 Å². The fourth-order valence-electron chi connectivity index (χ4n) is 3.69. The Morgan fingerprint density at radius 3 is 1.41 bits per heavy atom. The van der Waals surface area contributed by atoms with E-state index in [4.69, 9.17) is 18.9 Å². The SMILES string of the molecule is COc1cc(C)c(C(=O)P(=O)(CC(C)C)C(=O)c2c(C)cc(OC)cc2OC)c(OC)c1. The van der Waals surface area contributed by atoms with Gasteiger partial charge in [-0.2, -0.15) is 0 Å². The molecule has 0 aromatic heterocycles. The highest BCUT2D eigenvalue weighted by Crippen LogP contribution is 2.56. The van der Waals surface area contributed by atoms with Crippen LogP contribution in [-0.4, -0.2) is 45.6 Å². The van der Waals surface area contributed by atoms with Crippen LogP contribution in [0.15, 0.2) is 24.3 Å². The first kappa shape index (κ1) is 25.5. The molecular formula is C24H31O7P. The molecule has 7 nitrogen and oxygen atoms in total. The van der Waals surface area contributed by atoms with E-state index in [1.807, 2.05) is 13.8 Å². The lowest BCUT2D eigenvalue weighted by molar-refractivity contribution is 0.103. The third-order valence-corrected chi connectivity index (χ3v) is 8.17. The Balaban J connectivity index is 2.75. The van der Waals surface area contributed by atoms with E-state index in [9.17, 15) is 14.2 Å². The van der Waals surface area contributed by atoms with Gasteiger partial charge >= 0.3 is 0 Å². The van der Waals surface area contributed by atoms with Gasteiger partial charge in [0.1, 0.15) is 23.0 Å². The zero-order chi connectivity index (χ0) is 24.2. The fourth-order valence-corrected chi connectivity index (χ4v) is 6.53. The van der Waals surface area contributed by atoms with Crippen LogP contribution in [0.3, 0.4) is 0 Å². The van der Waals surface area contributed by atoms with Gasteiger partial charge in [0.05, 0.1) is 39.6 Å². The average Bonchev–Trinajstić information content (AvgIpc) is 2.76. The number of hydrogen-bond acceptors (Lipinski definition) is 7. The Bertz CT molecular complexity index is 995. The van der Waals surface area contributed by atoms with Gasteiger partial charge in [0.2, 0.25) is 18.2 Å². The second kappa shape index (κ2) is 10.2. The van der Waals surface area contributed by atoms with E-state index >= 15 is 0 Å². The van der Waals surface area contributed by atoms with Crippen molar-refractivity contribution in [2.45, 2.75) is 27.7 Å². The highest BCUT2D eigenvalue weighted by atomic mass is 31.2. The lowest BCUT2D eigenvalue weighted by Crippen LogP contribution is -2.19. The molecule has 0 N–H and O–H groups in total. The van der Waals surface area contributed by atoms with Crippen LogP contribution in [-0.2, 0) is 4.57 Å². The van der Waals surface area contributed by atoms with Gasteiger partial charge in [0, 0.05) is 18.3 Å². The van der Waals surface area contributed by atoms with Crippen molar-refractivity contribution >= 4 is 18.2 Å². The second-order valence-electron chi connectivity index (χ2n) is 7.97. The first-order valence-corrected chi connectivity index (χ1v) is 12.1. The van der Waals surface area contributed by atoms with E-state index in [1.54, 1.807) is 38.1 Å². The maximum absolute atomic E-state index is 14.3. The molecule has 0 aliphatic carbocycles. The molecule has 32 heavy (non-hydrogen) atoms. The van der Waals surface area contributed by atoms with E-state index in [-0.39, 0.29) is 34.7 Å². The van der Waals surface area contributed by atoms with Crippen molar-refractivity contribution in [2.75, 3.05) is 34.6 Å². The Morgan fingerprint density at radius 2 is 1.12 bits per heavy atom. The normalized spacial score (nSPS) is 11.3. The van der Waals surface area contributed by atoms with Crippen LogP contribution in [0.25, 0.3) is 0 Å². The fraction of sp³-hybridized carbons (Fsp3) is 0.417. The molecule has 2 rings (SSSR count). The van der Waals surface area contributed by atoms with E-state index in [0.717, 1.165) is 0 Å². The standard InChI is InChI=1S/C24H31O7P/c1-14(2)13-32(27,23(25)21-15(3)9-17(28-5)11-19(21)30-7)24(26)22-16(4)10-18(29-6)12-20(22)31-8/h9-12,14H,13H2,1-8H3. The molecule has 8 heteroatoms. The number of carbonyl (C=O) groups is 2. The summed E-state index contributed by atoms with van der Waals surface area (Å²) in [5.41, 5.74) is -0.190.